The van der Waals surface area contributed by atoms with Crippen LogP contribution in [0.3, 0.4) is 0 Å². The van der Waals surface area contributed by atoms with Gasteiger partial charge in [0.1, 0.15) is 29.2 Å². The Morgan fingerprint density at radius 3 is 1.94 bits per heavy atom. The summed E-state index contributed by atoms with van der Waals surface area (Å²) >= 11 is 0. The van der Waals surface area contributed by atoms with Crippen molar-refractivity contribution in [3.8, 4) is 40.0 Å². The summed E-state index contributed by atoms with van der Waals surface area (Å²) in [4.78, 5) is 39.2. The second-order valence-corrected chi connectivity index (χ2v) is 7.31. The third kappa shape index (κ3) is 4.49. The lowest BCUT2D eigenvalue weighted by Crippen LogP contribution is -2.60. The Balaban J connectivity index is 1.22. The van der Waals surface area contributed by atoms with Crippen molar-refractivity contribution in [3.05, 3.63) is 85.1 Å². The Morgan fingerprint density at radius 2 is 1.29 bits per heavy atom. The van der Waals surface area contributed by atoms with E-state index >= 15 is 0 Å². The first-order valence-corrected chi connectivity index (χ1v) is 10.3. The number of aromatic nitrogens is 1. The minimum Gasteiger partial charge on any atom is -0.471 e. The SMILES string of the molecule is O=C1NC(=O)C(Oc2ccc(Oc3ccc(-c4nc(-c5ccccc5)co4)cc3)cc2)C(=O)N1. The quantitative estimate of drug-likeness (QED) is 0.423. The highest BCUT2D eigenvalue weighted by Crippen LogP contribution is 2.28. The van der Waals surface area contributed by atoms with Crippen molar-refractivity contribution in [2.24, 2.45) is 0 Å². The third-order valence-electron chi connectivity index (χ3n) is 4.94. The lowest BCUT2D eigenvalue weighted by molar-refractivity contribution is -0.139. The Bertz CT molecular complexity index is 1330. The average molecular weight is 455 g/mol. The van der Waals surface area contributed by atoms with Gasteiger partial charge in [-0.1, -0.05) is 30.3 Å². The highest BCUT2D eigenvalue weighted by atomic mass is 16.5. The summed E-state index contributed by atoms with van der Waals surface area (Å²) in [5.74, 6) is 0.245. The van der Waals surface area contributed by atoms with Crippen LogP contribution in [0.4, 0.5) is 4.79 Å². The number of oxazole rings is 1. The molecule has 1 fully saturated rings. The predicted molar refractivity (Wildman–Crippen MR) is 120 cm³/mol. The van der Waals surface area contributed by atoms with Crippen LogP contribution in [0.5, 0.6) is 17.2 Å². The standard InChI is InChI=1S/C25H17N3O6/c29-22-21(23(30)28-25(31)27-22)34-19-12-10-18(11-13-19)33-17-8-6-16(7-9-17)24-26-20(14-32-24)15-4-2-1-3-5-15/h1-14,21H,(H2,27,28,29,30,31). The molecule has 168 valence electrons. The van der Waals surface area contributed by atoms with Crippen LogP contribution in [0.1, 0.15) is 0 Å². The number of nitrogens with zero attached hydrogens (tertiary/aromatic N) is 1. The summed E-state index contributed by atoms with van der Waals surface area (Å²) in [6.45, 7) is 0. The summed E-state index contributed by atoms with van der Waals surface area (Å²) in [5, 5.41) is 3.96. The van der Waals surface area contributed by atoms with Gasteiger partial charge in [0.15, 0.2) is 0 Å². The summed E-state index contributed by atoms with van der Waals surface area (Å²) in [5.41, 5.74) is 2.54. The van der Waals surface area contributed by atoms with Crippen molar-refractivity contribution in [2.45, 2.75) is 6.10 Å². The molecule has 0 atom stereocenters. The van der Waals surface area contributed by atoms with Crippen LogP contribution in [0.25, 0.3) is 22.7 Å². The Morgan fingerprint density at radius 1 is 0.706 bits per heavy atom. The number of imide groups is 2. The minimum atomic E-state index is -1.45. The van der Waals surface area contributed by atoms with Crippen LogP contribution in [-0.2, 0) is 9.59 Å². The van der Waals surface area contributed by atoms with E-state index in [9.17, 15) is 14.4 Å². The number of hydrogen-bond acceptors (Lipinski definition) is 7. The van der Waals surface area contributed by atoms with Crippen LogP contribution in [-0.4, -0.2) is 28.9 Å². The maximum atomic E-state index is 11.8. The van der Waals surface area contributed by atoms with E-state index in [1.807, 2.05) is 53.1 Å². The first-order valence-electron chi connectivity index (χ1n) is 10.3. The van der Waals surface area contributed by atoms with Crippen molar-refractivity contribution >= 4 is 17.8 Å². The van der Waals surface area contributed by atoms with Crippen molar-refractivity contribution in [1.29, 1.82) is 0 Å². The maximum Gasteiger partial charge on any atom is 0.328 e. The first-order chi connectivity index (χ1) is 16.5. The maximum absolute atomic E-state index is 11.8. The van der Waals surface area contributed by atoms with Gasteiger partial charge in [-0.15, -0.1) is 0 Å². The highest BCUT2D eigenvalue weighted by Gasteiger charge is 2.36. The molecule has 1 saturated heterocycles. The second-order valence-electron chi connectivity index (χ2n) is 7.31. The van der Waals surface area contributed by atoms with E-state index in [0.29, 0.717) is 17.4 Å². The van der Waals surface area contributed by atoms with Crippen LogP contribution in [0, 0.1) is 0 Å². The number of amides is 4. The van der Waals surface area contributed by atoms with E-state index in [1.165, 1.54) is 0 Å². The van der Waals surface area contributed by atoms with E-state index in [1.54, 1.807) is 42.7 Å². The molecule has 2 N–H and O–H groups in total. The van der Waals surface area contributed by atoms with Crippen molar-refractivity contribution in [2.75, 3.05) is 0 Å². The smallest absolute Gasteiger partial charge is 0.328 e. The molecule has 5 rings (SSSR count). The lowest BCUT2D eigenvalue weighted by atomic mass is 10.2. The topological polar surface area (TPSA) is 120 Å². The van der Waals surface area contributed by atoms with Gasteiger partial charge >= 0.3 is 6.03 Å². The summed E-state index contributed by atoms with van der Waals surface area (Å²) < 4.78 is 16.8. The molecule has 0 bridgehead atoms. The number of urea groups is 1. The molecule has 9 nitrogen and oxygen atoms in total. The fraction of sp³-hybridized carbons (Fsp3) is 0.0400. The highest BCUT2D eigenvalue weighted by molar-refractivity contribution is 6.18. The van der Waals surface area contributed by atoms with Crippen LogP contribution < -0.4 is 20.1 Å². The largest absolute Gasteiger partial charge is 0.471 e. The van der Waals surface area contributed by atoms with E-state index in [0.717, 1.165) is 16.8 Å². The van der Waals surface area contributed by atoms with Crippen molar-refractivity contribution in [1.82, 2.24) is 15.6 Å². The van der Waals surface area contributed by atoms with Gasteiger partial charge in [-0.05, 0) is 48.5 Å². The monoisotopic (exact) mass is 455 g/mol. The van der Waals surface area contributed by atoms with Crippen molar-refractivity contribution < 1.29 is 28.3 Å². The number of rotatable bonds is 6. The molecule has 0 unspecified atom stereocenters. The first kappa shape index (κ1) is 21.0. The molecular weight excluding hydrogens is 438 g/mol. The molecule has 34 heavy (non-hydrogen) atoms. The molecule has 9 heteroatoms. The summed E-state index contributed by atoms with van der Waals surface area (Å²) in [6, 6.07) is 22.5. The van der Waals surface area contributed by atoms with Crippen LogP contribution in [0.15, 0.2) is 89.5 Å². The molecule has 0 spiro atoms. The predicted octanol–water partition coefficient (Wildman–Crippen LogP) is 3.91. The third-order valence-corrected chi connectivity index (χ3v) is 4.94. The Labute approximate surface area is 193 Å². The fourth-order valence-corrected chi connectivity index (χ4v) is 3.28. The molecule has 1 aliphatic heterocycles. The van der Waals surface area contributed by atoms with E-state index in [4.69, 9.17) is 13.9 Å². The van der Waals surface area contributed by atoms with Crippen molar-refractivity contribution in [3.63, 3.8) is 0 Å². The van der Waals surface area contributed by atoms with Crippen LogP contribution >= 0.6 is 0 Å². The number of benzene rings is 3. The van der Waals surface area contributed by atoms with E-state index < -0.39 is 23.9 Å². The molecule has 3 aromatic carbocycles. The molecule has 4 aromatic rings. The van der Waals surface area contributed by atoms with E-state index in [2.05, 4.69) is 4.98 Å². The molecule has 1 aliphatic rings. The molecule has 1 aromatic heterocycles. The van der Waals surface area contributed by atoms with Gasteiger partial charge in [0.2, 0.25) is 5.89 Å². The lowest BCUT2D eigenvalue weighted by Gasteiger charge is -2.21. The number of ether oxygens (including phenoxy) is 2. The zero-order valence-electron chi connectivity index (χ0n) is 17.6. The Kier molecular flexibility index (Phi) is 5.49. The van der Waals surface area contributed by atoms with Crippen LogP contribution in [0.2, 0.25) is 0 Å². The Hall–Kier alpha value is -4.92. The normalized spacial score (nSPS) is 13.8. The number of barbiturate groups is 1. The summed E-state index contributed by atoms with van der Waals surface area (Å²) in [6.07, 6.45) is 0.173. The summed E-state index contributed by atoms with van der Waals surface area (Å²) in [7, 11) is 0. The molecule has 2 heterocycles. The molecule has 0 radical (unpaired) electrons. The zero-order valence-corrected chi connectivity index (χ0v) is 17.6. The van der Waals surface area contributed by atoms with Gasteiger partial charge in [-0.25, -0.2) is 9.78 Å². The number of nitrogens with one attached hydrogen (secondary N) is 2. The number of carbonyl (C=O) groups is 3. The van der Waals surface area contributed by atoms with E-state index in [-0.39, 0.29) is 5.75 Å². The minimum absolute atomic E-state index is 0.269. The zero-order chi connectivity index (χ0) is 23.5. The van der Waals surface area contributed by atoms with Gasteiger partial charge in [-0.2, -0.15) is 0 Å². The van der Waals surface area contributed by atoms with Gasteiger partial charge in [0, 0.05) is 11.1 Å². The van der Waals surface area contributed by atoms with Gasteiger partial charge in [0.05, 0.1) is 0 Å². The molecule has 0 saturated carbocycles. The second kappa shape index (κ2) is 8.91. The number of carbonyl (C=O) groups excluding carboxylic acids is 3. The molecule has 0 aliphatic carbocycles. The molecule has 4 amide bonds. The average Bonchev–Trinajstić information content (AvgIpc) is 3.34. The van der Waals surface area contributed by atoms with Gasteiger partial charge in [-0.3, -0.25) is 20.2 Å². The number of hydrogen-bond donors (Lipinski definition) is 2. The fourth-order valence-electron chi connectivity index (χ4n) is 3.28. The molecular formula is C25H17N3O6. The van der Waals surface area contributed by atoms with Gasteiger partial charge in [0.25, 0.3) is 17.9 Å². The van der Waals surface area contributed by atoms with Gasteiger partial charge < -0.3 is 13.9 Å².